The van der Waals surface area contributed by atoms with E-state index in [1.807, 2.05) is 13.0 Å². The van der Waals surface area contributed by atoms with Crippen molar-refractivity contribution < 1.29 is 8.42 Å². The van der Waals surface area contributed by atoms with Crippen LogP contribution >= 0.6 is 0 Å². The fraction of sp³-hybridized carbons (Fsp3) is 0.500. The molecule has 17 heavy (non-hydrogen) atoms. The predicted molar refractivity (Wildman–Crippen MR) is 67.1 cm³/mol. The number of rotatable bonds is 4. The maximum absolute atomic E-state index is 12.0. The van der Waals surface area contributed by atoms with Crippen molar-refractivity contribution in [1.82, 2.24) is 4.72 Å². The van der Waals surface area contributed by atoms with E-state index in [2.05, 4.69) is 4.72 Å². The summed E-state index contributed by atoms with van der Waals surface area (Å²) in [6.07, 6.45) is 2.87. The van der Waals surface area contributed by atoms with Gasteiger partial charge in [-0.15, -0.1) is 0 Å². The third kappa shape index (κ3) is 2.86. The van der Waals surface area contributed by atoms with Crippen LogP contribution in [0.5, 0.6) is 0 Å². The molecule has 94 valence electrons. The molecule has 1 aliphatic rings. The number of nitrogens with one attached hydrogen (secondary N) is 1. The van der Waals surface area contributed by atoms with Crippen LogP contribution in [0.4, 0.5) is 0 Å². The van der Waals surface area contributed by atoms with Crippen LogP contribution in [0, 0.1) is 6.92 Å². The van der Waals surface area contributed by atoms with E-state index in [0.29, 0.717) is 11.4 Å². The molecule has 4 nitrogen and oxygen atoms in total. The molecule has 1 saturated carbocycles. The SMILES string of the molecule is Cc1cccc(S(=O)(=O)NCC2(N)CCC2)c1. The summed E-state index contributed by atoms with van der Waals surface area (Å²) in [6.45, 7) is 2.19. The van der Waals surface area contributed by atoms with Gasteiger partial charge in [-0.05, 0) is 43.9 Å². The third-order valence-corrected chi connectivity index (χ3v) is 4.66. The van der Waals surface area contributed by atoms with Crippen LogP contribution in [0.25, 0.3) is 0 Å². The number of nitrogens with two attached hydrogens (primary N) is 1. The van der Waals surface area contributed by atoms with E-state index in [9.17, 15) is 8.42 Å². The summed E-state index contributed by atoms with van der Waals surface area (Å²) in [6, 6.07) is 6.87. The first-order valence-electron chi connectivity index (χ1n) is 5.77. The summed E-state index contributed by atoms with van der Waals surface area (Å²) >= 11 is 0. The van der Waals surface area contributed by atoms with E-state index in [-0.39, 0.29) is 5.54 Å². The van der Waals surface area contributed by atoms with Gasteiger partial charge in [0.15, 0.2) is 0 Å². The molecular formula is C12H18N2O2S. The van der Waals surface area contributed by atoms with E-state index in [0.717, 1.165) is 24.8 Å². The zero-order valence-corrected chi connectivity index (χ0v) is 10.8. The molecule has 0 aromatic heterocycles. The van der Waals surface area contributed by atoms with E-state index in [4.69, 9.17) is 5.73 Å². The van der Waals surface area contributed by atoms with Crippen LogP contribution in [-0.4, -0.2) is 20.5 Å². The first kappa shape index (κ1) is 12.5. The van der Waals surface area contributed by atoms with Gasteiger partial charge in [-0.2, -0.15) is 0 Å². The van der Waals surface area contributed by atoms with E-state index in [1.165, 1.54) is 0 Å². The highest BCUT2D eigenvalue weighted by Gasteiger charge is 2.33. The second-order valence-corrected chi connectivity index (χ2v) is 6.62. The van der Waals surface area contributed by atoms with E-state index < -0.39 is 10.0 Å². The van der Waals surface area contributed by atoms with Crippen molar-refractivity contribution in [3.8, 4) is 0 Å². The van der Waals surface area contributed by atoms with Crippen LogP contribution in [0.15, 0.2) is 29.2 Å². The highest BCUT2D eigenvalue weighted by molar-refractivity contribution is 7.89. The van der Waals surface area contributed by atoms with Gasteiger partial charge in [0.1, 0.15) is 0 Å². The molecule has 1 aromatic rings. The van der Waals surface area contributed by atoms with Crippen LogP contribution in [0.2, 0.25) is 0 Å². The molecule has 0 bridgehead atoms. The van der Waals surface area contributed by atoms with Crippen LogP contribution in [-0.2, 0) is 10.0 Å². The Morgan fingerprint density at radius 1 is 1.41 bits per heavy atom. The summed E-state index contributed by atoms with van der Waals surface area (Å²) in [5, 5.41) is 0. The van der Waals surface area contributed by atoms with Crippen molar-refractivity contribution >= 4 is 10.0 Å². The molecule has 1 aliphatic carbocycles. The van der Waals surface area contributed by atoms with Gasteiger partial charge in [-0.25, -0.2) is 13.1 Å². The lowest BCUT2D eigenvalue weighted by molar-refractivity contribution is 0.251. The number of aryl methyl sites for hydroxylation is 1. The Kier molecular flexibility index (Phi) is 3.25. The lowest BCUT2D eigenvalue weighted by Crippen LogP contribution is -2.54. The quantitative estimate of drug-likeness (QED) is 0.846. The zero-order chi connectivity index (χ0) is 12.5. The van der Waals surface area contributed by atoms with Gasteiger partial charge in [0.25, 0.3) is 0 Å². The van der Waals surface area contributed by atoms with Crippen LogP contribution < -0.4 is 10.5 Å². The fourth-order valence-electron chi connectivity index (χ4n) is 1.91. The van der Waals surface area contributed by atoms with Crippen LogP contribution in [0.1, 0.15) is 24.8 Å². The Morgan fingerprint density at radius 2 is 2.12 bits per heavy atom. The lowest BCUT2D eigenvalue weighted by Gasteiger charge is -2.38. The van der Waals surface area contributed by atoms with Gasteiger partial charge in [0.2, 0.25) is 10.0 Å². The van der Waals surface area contributed by atoms with Crippen molar-refractivity contribution in [1.29, 1.82) is 0 Å². The monoisotopic (exact) mass is 254 g/mol. The van der Waals surface area contributed by atoms with Gasteiger partial charge in [0.05, 0.1) is 4.90 Å². The Morgan fingerprint density at radius 3 is 2.65 bits per heavy atom. The molecule has 3 N–H and O–H groups in total. The zero-order valence-electron chi connectivity index (χ0n) is 9.94. The summed E-state index contributed by atoms with van der Waals surface area (Å²) in [5.41, 5.74) is 6.58. The number of hydrogen-bond donors (Lipinski definition) is 2. The largest absolute Gasteiger partial charge is 0.324 e. The molecule has 0 spiro atoms. The first-order valence-corrected chi connectivity index (χ1v) is 7.25. The Hall–Kier alpha value is -0.910. The second-order valence-electron chi connectivity index (χ2n) is 4.86. The fourth-order valence-corrected chi connectivity index (χ4v) is 3.16. The number of benzene rings is 1. The lowest BCUT2D eigenvalue weighted by atomic mass is 9.78. The highest BCUT2D eigenvalue weighted by Crippen LogP contribution is 2.28. The molecule has 0 aliphatic heterocycles. The summed E-state index contributed by atoms with van der Waals surface area (Å²) in [7, 11) is -3.42. The van der Waals surface area contributed by atoms with E-state index >= 15 is 0 Å². The minimum Gasteiger partial charge on any atom is -0.324 e. The van der Waals surface area contributed by atoms with E-state index in [1.54, 1.807) is 18.2 Å². The molecule has 0 atom stereocenters. The van der Waals surface area contributed by atoms with Gasteiger partial charge in [-0.1, -0.05) is 12.1 Å². The van der Waals surface area contributed by atoms with Crippen molar-refractivity contribution in [3.05, 3.63) is 29.8 Å². The second kappa shape index (κ2) is 4.40. The molecule has 2 rings (SSSR count). The Bertz CT molecular complexity index is 507. The molecule has 0 amide bonds. The molecule has 0 radical (unpaired) electrons. The van der Waals surface area contributed by atoms with Gasteiger partial charge in [-0.3, -0.25) is 0 Å². The van der Waals surface area contributed by atoms with Gasteiger partial charge >= 0.3 is 0 Å². The minimum atomic E-state index is -3.42. The average Bonchev–Trinajstić information content (AvgIpc) is 2.24. The van der Waals surface area contributed by atoms with Crippen molar-refractivity contribution in [2.24, 2.45) is 5.73 Å². The molecule has 1 aromatic carbocycles. The smallest absolute Gasteiger partial charge is 0.240 e. The average molecular weight is 254 g/mol. The highest BCUT2D eigenvalue weighted by atomic mass is 32.2. The van der Waals surface area contributed by atoms with Gasteiger partial charge in [0, 0.05) is 12.1 Å². The maximum atomic E-state index is 12.0. The maximum Gasteiger partial charge on any atom is 0.240 e. The molecular weight excluding hydrogens is 236 g/mol. The standard InChI is InChI=1S/C12H18N2O2S/c1-10-4-2-5-11(8-10)17(15,16)14-9-12(13)6-3-7-12/h2,4-5,8,14H,3,6-7,9,13H2,1H3. The third-order valence-electron chi connectivity index (χ3n) is 3.26. The Labute approximate surface area is 102 Å². The summed E-state index contributed by atoms with van der Waals surface area (Å²) < 4.78 is 26.6. The normalized spacial score (nSPS) is 18.7. The molecule has 0 heterocycles. The number of sulfonamides is 1. The predicted octanol–water partition coefficient (Wildman–Crippen LogP) is 1.15. The van der Waals surface area contributed by atoms with Crippen molar-refractivity contribution in [2.45, 2.75) is 36.6 Å². The molecule has 0 saturated heterocycles. The number of hydrogen-bond acceptors (Lipinski definition) is 3. The minimum absolute atomic E-state index is 0.306. The van der Waals surface area contributed by atoms with Gasteiger partial charge < -0.3 is 5.73 Å². The first-order chi connectivity index (χ1) is 7.91. The molecule has 1 fully saturated rings. The summed E-state index contributed by atoms with van der Waals surface area (Å²) in [5.74, 6) is 0. The molecule has 5 heteroatoms. The van der Waals surface area contributed by atoms with Crippen molar-refractivity contribution in [2.75, 3.05) is 6.54 Å². The summed E-state index contributed by atoms with van der Waals surface area (Å²) in [4.78, 5) is 0.306. The van der Waals surface area contributed by atoms with Crippen molar-refractivity contribution in [3.63, 3.8) is 0 Å². The van der Waals surface area contributed by atoms with Crippen LogP contribution in [0.3, 0.4) is 0 Å². The topological polar surface area (TPSA) is 72.2 Å². The molecule has 0 unspecified atom stereocenters. The Balaban J connectivity index is 2.08.